The monoisotopic (exact) mass is 462 g/mol. The van der Waals surface area contributed by atoms with E-state index in [4.69, 9.17) is 11.3 Å². The molecule has 0 spiro atoms. The number of nitrogen functional groups attached to an aromatic ring is 1. The second-order valence-corrected chi connectivity index (χ2v) is 7.17. The zero-order valence-corrected chi connectivity index (χ0v) is 16.0. The number of thiazole rings is 1. The number of halogens is 7. The zero-order valence-electron chi connectivity index (χ0n) is 15.1. The van der Waals surface area contributed by atoms with E-state index in [2.05, 4.69) is 15.0 Å². The van der Waals surface area contributed by atoms with Crippen molar-refractivity contribution in [1.29, 1.82) is 5.53 Å². The molecule has 0 saturated heterocycles. The van der Waals surface area contributed by atoms with Crippen molar-refractivity contribution in [2.75, 3.05) is 5.73 Å². The van der Waals surface area contributed by atoms with Crippen LogP contribution in [0.15, 0.2) is 34.8 Å². The van der Waals surface area contributed by atoms with E-state index in [9.17, 15) is 30.7 Å². The van der Waals surface area contributed by atoms with Crippen LogP contribution in [0, 0.1) is 28.8 Å². The summed E-state index contributed by atoms with van der Waals surface area (Å²) in [5.74, 6) is -8.73. The van der Waals surface area contributed by atoms with E-state index in [-0.39, 0.29) is 22.8 Å². The van der Waals surface area contributed by atoms with Crippen LogP contribution >= 0.6 is 11.3 Å². The molecule has 13 heteroatoms. The summed E-state index contributed by atoms with van der Waals surface area (Å²) in [5.41, 5.74) is 8.86. The van der Waals surface area contributed by atoms with E-state index in [1.807, 2.05) is 0 Å². The van der Waals surface area contributed by atoms with Crippen molar-refractivity contribution < 1.29 is 30.7 Å². The first-order valence-corrected chi connectivity index (χ1v) is 9.22. The smallest absolute Gasteiger partial charge is 0.375 e. The lowest BCUT2D eigenvalue weighted by molar-refractivity contribution is -0.137. The van der Waals surface area contributed by atoms with Gasteiger partial charge in [0.05, 0.1) is 11.3 Å². The number of hydrogen-bond acceptors (Lipinski definition) is 5. The highest BCUT2D eigenvalue weighted by Gasteiger charge is 2.34. The largest absolute Gasteiger partial charge is 0.416 e. The number of benzene rings is 2. The minimum Gasteiger partial charge on any atom is -0.375 e. The van der Waals surface area contributed by atoms with Crippen LogP contribution in [-0.2, 0) is 12.6 Å². The van der Waals surface area contributed by atoms with Gasteiger partial charge in [0.1, 0.15) is 5.53 Å². The summed E-state index contributed by atoms with van der Waals surface area (Å²) in [7, 11) is 0. The van der Waals surface area contributed by atoms with Gasteiger partial charge in [0, 0.05) is 16.9 Å². The number of alkyl halides is 3. The summed E-state index contributed by atoms with van der Waals surface area (Å²) >= 11 is 0.902. The van der Waals surface area contributed by atoms with Crippen molar-refractivity contribution in [2.24, 2.45) is 5.11 Å². The summed E-state index contributed by atoms with van der Waals surface area (Å²) in [4.78, 5) is 6.29. The lowest BCUT2D eigenvalue weighted by Crippen LogP contribution is -2.14. The first-order chi connectivity index (χ1) is 14.5. The molecule has 0 saturated carbocycles. The van der Waals surface area contributed by atoms with E-state index in [1.54, 1.807) is 0 Å². The van der Waals surface area contributed by atoms with Gasteiger partial charge in [-0.2, -0.15) is 13.2 Å². The second kappa shape index (κ2) is 8.44. The lowest BCUT2D eigenvalue weighted by atomic mass is 9.88. The lowest BCUT2D eigenvalue weighted by Gasteiger charge is -2.18. The first kappa shape index (κ1) is 22.4. The van der Waals surface area contributed by atoms with Crippen LogP contribution in [0.4, 0.5) is 41.6 Å². The molecule has 0 aliphatic rings. The number of nitrogens with one attached hydrogen (secondary N) is 1. The van der Waals surface area contributed by atoms with Crippen molar-refractivity contribution in [3.8, 4) is 0 Å². The van der Waals surface area contributed by atoms with Gasteiger partial charge in [-0.3, -0.25) is 0 Å². The predicted molar refractivity (Wildman–Crippen MR) is 96.7 cm³/mol. The fraction of sp³-hybridized carbons (Fsp3) is 0.167. The van der Waals surface area contributed by atoms with Crippen molar-refractivity contribution in [1.82, 2.24) is 9.90 Å². The van der Waals surface area contributed by atoms with Crippen LogP contribution in [0.2, 0.25) is 0 Å². The number of aromatic nitrogens is 1. The number of anilines is 1. The van der Waals surface area contributed by atoms with E-state index in [0.29, 0.717) is 0 Å². The minimum atomic E-state index is -4.59. The van der Waals surface area contributed by atoms with Crippen molar-refractivity contribution in [3.63, 3.8) is 0 Å². The Morgan fingerprint density at radius 3 is 2.06 bits per heavy atom. The van der Waals surface area contributed by atoms with Crippen molar-refractivity contribution >= 4 is 22.2 Å². The standard InChI is InChI=1S/C18H11F7N5S/c19-12-11(13(20)15(22)16(14(12)21)29-30-27)9(10-6-31-17(26)28-10)5-7-1-3-8(4-2-7)18(23,24)25/h1-4,6,9,27H,5H2,(H2,26,28)/q+1. The van der Waals surface area contributed by atoms with E-state index in [0.717, 1.165) is 35.6 Å². The Bertz CT molecular complexity index is 1140. The van der Waals surface area contributed by atoms with Crippen LogP contribution < -0.4 is 10.6 Å². The van der Waals surface area contributed by atoms with Gasteiger partial charge in [0.2, 0.25) is 10.6 Å². The average molecular weight is 462 g/mol. The molecule has 1 atom stereocenters. The topological polar surface area (TPSA) is 89.2 Å². The molecule has 0 fully saturated rings. The zero-order chi connectivity index (χ0) is 22.9. The Labute approximate surface area is 173 Å². The Morgan fingerprint density at radius 1 is 1.03 bits per heavy atom. The number of nitrogens with zero attached hydrogens (tertiary/aromatic N) is 3. The molecule has 1 aromatic heterocycles. The van der Waals surface area contributed by atoms with Crippen LogP contribution in [0.3, 0.4) is 0 Å². The Hall–Kier alpha value is -3.31. The quantitative estimate of drug-likeness (QED) is 0.215. The van der Waals surface area contributed by atoms with Gasteiger partial charge in [0.15, 0.2) is 33.5 Å². The summed E-state index contributed by atoms with van der Waals surface area (Å²) in [5, 5.41) is 4.07. The highest BCUT2D eigenvalue weighted by molar-refractivity contribution is 7.13. The number of nitrogens with two attached hydrogens (primary N) is 1. The van der Waals surface area contributed by atoms with Crippen molar-refractivity contribution in [3.05, 3.63) is 75.3 Å². The molecule has 1 unspecified atom stereocenters. The molecule has 3 rings (SSSR count). The Morgan fingerprint density at radius 2 is 1.61 bits per heavy atom. The summed E-state index contributed by atoms with van der Waals surface area (Å²) in [6.07, 6.45) is -4.93. The van der Waals surface area contributed by atoms with Gasteiger partial charge in [0.25, 0.3) is 0 Å². The molecular weight excluding hydrogens is 451 g/mol. The third-order valence-corrected chi connectivity index (χ3v) is 5.08. The maximum atomic E-state index is 14.7. The predicted octanol–water partition coefficient (Wildman–Crippen LogP) is 5.86. The first-order valence-electron chi connectivity index (χ1n) is 8.34. The van der Waals surface area contributed by atoms with E-state index >= 15 is 0 Å². The molecule has 31 heavy (non-hydrogen) atoms. The highest BCUT2D eigenvalue weighted by atomic mass is 32.1. The van der Waals surface area contributed by atoms with Gasteiger partial charge < -0.3 is 5.73 Å². The Balaban J connectivity index is 2.15. The van der Waals surface area contributed by atoms with Crippen molar-refractivity contribution in [2.45, 2.75) is 18.5 Å². The number of hydrogen-bond donors (Lipinski definition) is 2. The Kier molecular flexibility index (Phi) is 6.09. The summed E-state index contributed by atoms with van der Waals surface area (Å²) < 4.78 is 96.4. The van der Waals surface area contributed by atoms with Gasteiger partial charge >= 0.3 is 6.18 Å². The third kappa shape index (κ3) is 4.42. The summed E-state index contributed by atoms with van der Waals surface area (Å²) in [6.45, 7) is 0. The number of rotatable bonds is 5. The normalized spacial score (nSPS) is 12.5. The second-order valence-electron chi connectivity index (χ2n) is 6.28. The molecule has 0 aliphatic carbocycles. The highest BCUT2D eigenvalue weighted by Crippen LogP contribution is 2.39. The summed E-state index contributed by atoms with van der Waals surface area (Å²) in [6, 6.07) is 3.70. The molecule has 162 valence electrons. The molecule has 0 amide bonds. The van der Waals surface area contributed by atoms with Crippen LogP contribution in [0.5, 0.6) is 0 Å². The third-order valence-electron chi connectivity index (χ3n) is 4.39. The van der Waals surface area contributed by atoms with Crippen LogP contribution in [0.25, 0.3) is 0 Å². The van der Waals surface area contributed by atoms with Crippen LogP contribution in [0.1, 0.15) is 28.3 Å². The molecule has 1 heterocycles. The van der Waals surface area contributed by atoms with Gasteiger partial charge in [-0.05, 0) is 24.1 Å². The molecular formula is C18H11F7N5S+. The molecule has 3 aromatic rings. The van der Waals surface area contributed by atoms with E-state index < -0.39 is 52.2 Å². The maximum absolute atomic E-state index is 14.7. The van der Waals surface area contributed by atoms with Gasteiger partial charge in [-0.15, -0.1) is 11.3 Å². The molecule has 3 N–H and O–H groups in total. The fourth-order valence-electron chi connectivity index (χ4n) is 2.96. The van der Waals surface area contributed by atoms with Gasteiger partial charge in [-0.25, -0.2) is 22.5 Å². The molecule has 5 nitrogen and oxygen atoms in total. The van der Waals surface area contributed by atoms with Crippen LogP contribution in [-0.4, -0.2) is 4.98 Å². The SMILES string of the molecule is N=[N+]=Nc1c(F)c(F)c(C(Cc2ccc(C(F)(F)F)cc2)c2csc(N)n2)c(F)c1F. The molecule has 2 aromatic carbocycles. The molecule has 0 bridgehead atoms. The molecule has 0 radical (unpaired) electrons. The maximum Gasteiger partial charge on any atom is 0.416 e. The van der Waals surface area contributed by atoms with Gasteiger partial charge in [-0.1, -0.05) is 12.1 Å². The average Bonchev–Trinajstić information content (AvgIpc) is 3.15. The van der Waals surface area contributed by atoms with E-state index in [1.165, 1.54) is 5.38 Å². The molecule has 0 aliphatic heterocycles. The minimum absolute atomic E-state index is 0.00815. The fourth-order valence-corrected chi connectivity index (χ4v) is 3.58.